The lowest BCUT2D eigenvalue weighted by atomic mass is 10.2. The number of rotatable bonds is 3. The van der Waals surface area contributed by atoms with Gasteiger partial charge in [0.25, 0.3) is 0 Å². The van der Waals surface area contributed by atoms with Gasteiger partial charge in [-0.3, -0.25) is 0 Å². The molecule has 3 nitrogen and oxygen atoms in total. The largest absolute Gasteiger partial charge is 0.465 e. The summed E-state index contributed by atoms with van der Waals surface area (Å²) in [6, 6.07) is 7.03. The van der Waals surface area contributed by atoms with Crippen LogP contribution in [0.25, 0.3) is 0 Å². The van der Waals surface area contributed by atoms with Crippen molar-refractivity contribution in [1.29, 1.82) is 0 Å². The van der Waals surface area contributed by atoms with E-state index in [0.29, 0.717) is 11.4 Å². The van der Waals surface area contributed by atoms with Crippen molar-refractivity contribution < 1.29 is 9.53 Å². The Kier molecular flexibility index (Phi) is 3.64. The molecule has 0 fully saturated rings. The Balaban J connectivity index is 2.75. The Morgan fingerprint density at radius 1 is 1.46 bits per heavy atom. The SMILES string of the molecule is COC(=O)c1ccc(NCS)cc1. The van der Waals surface area contributed by atoms with Crippen LogP contribution in [-0.4, -0.2) is 19.0 Å². The van der Waals surface area contributed by atoms with E-state index in [1.54, 1.807) is 12.1 Å². The second-order valence-electron chi connectivity index (χ2n) is 2.40. The summed E-state index contributed by atoms with van der Waals surface area (Å²) in [4.78, 5) is 11.0. The molecule has 0 aromatic heterocycles. The number of hydrogen-bond donors (Lipinski definition) is 2. The number of esters is 1. The van der Waals surface area contributed by atoms with Crippen molar-refractivity contribution in [2.24, 2.45) is 0 Å². The van der Waals surface area contributed by atoms with Crippen molar-refractivity contribution >= 4 is 24.3 Å². The van der Waals surface area contributed by atoms with Crippen molar-refractivity contribution in [3.05, 3.63) is 29.8 Å². The van der Waals surface area contributed by atoms with Gasteiger partial charge in [0, 0.05) is 5.69 Å². The van der Waals surface area contributed by atoms with Crippen molar-refractivity contribution in [1.82, 2.24) is 0 Å². The van der Waals surface area contributed by atoms with Crippen LogP contribution in [0.3, 0.4) is 0 Å². The lowest BCUT2D eigenvalue weighted by Crippen LogP contribution is -2.01. The fourth-order valence-electron chi connectivity index (χ4n) is 0.933. The summed E-state index contributed by atoms with van der Waals surface area (Å²) in [5, 5.41) is 3.00. The number of anilines is 1. The van der Waals surface area contributed by atoms with Gasteiger partial charge in [-0.1, -0.05) is 0 Å². The van der Waals surface area contributed by atoms with E-state index in [1.165, 1.54) is 7.11 Å². The Labute approximate surface area is 82.5 Å². The third kappa shape index (κ3) is 2.66. The third-order valence-electron chi connectivity index (χ3n) is 1.59. The quantitative estimate of drug-likeness (QED) is 0.440. The fraction of sp³-hybridized carbons (Fsp3) is 0.222. The molecule has 0 aliphatic heterocycles. The predicted octanol–water partition coefficient (Wildman–Crippen LogP) is 1.77. The van der Waals surface area contributed by atoms with Gasteiger partial charge in [-0.2, -0.15) is 12.6 Å². The van der Waals surface area contributed by atoms with Crippen LogP contribution in [0.5, 0.6) is 0 Å². The van der Waals surface area contributed by atoms with Crippen molar-refractivity contribution in [3.63, 3.8) is 0 Å². The molecule has 0 heterocycles. The molecule has 1 N–H and O–H groups in total. The topological polar surface area (TPSA) is 38.3 Å². The summed E-state index contributed by atoms with van der Waals surface area (Å²) < 4.78 is 4.56. The first-order valence-corrected chi connectivity index (χ1v) is 4.44. The minimum Gasteiger partial charge on any atom is -0.465 e. The van der Waals surface area contributed by atoms with E-state index in [2.05, 4.69) is 22.7 Å². The van der Waals surface area contributed by atoms with Crippen molar-refractivity contribution in [3.8, 4) is 0 Å². The maximum atomic E-state index is 11.0. The predicted molar refractivity (Wildman–Crippen MR) is 55.3 cm³/mol. The number of benzene rings is 1. The highest BCUT2D eigenvalue weighted by Gasteiger charge is 2.03. The highest BCUT2D eigenvalue weighted by molar-refractivity contribution is 7.80. The molecule has 13 heavy (non-hydrogen) atoms. The normalized spacial score (nSPS) is 9.38. The summed E-state index contributed by atoms with van der Waals surface area (Å²) in [6.07, 6.45) is 0. The number of methoxy groups -OCH3 is 1. The van der Waals surface area contributed by atoms with Gasteiger partial charge in [-0.15, -0.1) is 0 Å². The molecule has 0 unspecified atom stereocenters. The molecule has 0 saturated heterocycles. The van der Waals surface area contributed by atoms with E-state index in [9.17, 15) is 4.79 Å². The molecule has 0 atom stereocenters. The zero-order valence-corrected chi connectivity index (χ0v) is 8.17. The van der Waals surface area contributed by atoms with E-state index < -0.39 is 0 Å². The van der Waals surface area contributed by atoms with Crippen LogP contribution in [0.15, 0.2) is 24.3 Å². The zero-order valence-electron chi connectivity index (χ0n) is 7.28. The van der Waals surface area contributed by atoms with Crippen LogP contribution in [0, 0.1) is 0 Å². The van der Waals surface area contributed by atoms with Crippen LogP contribution in [0.4, 0.5) is 5.69 Å². The average molecular weight is 197 g/mol. The first-order valence-electron chi connectivity index (χ1n) is 3.81. The first-order chi connectivity index (χ1) is 6.27. The van der Waals surface area contributed by atoms with Gasteiger partial charge in [-0.05, 0) is 24.3 Å². The molecule has 0 bridgehead atoms. The molecule has 1 aromatic rings. The molecule has 0 radical (unpaired) electrons. The Bertz CT molecular complexity index is 284. The number of ether oxygens (including phenoxy) is 1. The Morgan fingerprint density at radius 3 is 2.54 bits per heavy atom. The summed E-state index contributed by atoms with van der Waals surface area (Å²) in [7, 11) is 1.36. The number of carbonyl (C=O) groups excluding carboxylic acids is 1. The second kappa shape index (κ2) is 4.77. The van der Waals surface area contributed by atoms with Gasteiger partial charge < -0.3 is 10.1 Å². The maximum Gasteiger partial charge on any atom is 0.337 e. The van der Waals surface area contributed by atoms with Crippen LogP contribution < -0.4 is 5.32 Å². The summed E-state index contributed by atoms with van der Waals surface area (Å²) in [5.41, 5.74) is 1.48. The molecule has 1 rings (SSSR count). The Hall–Kier alpha value is -1.16. The van der Waals surface area contributed by atoms with E-state index >= 15 is 0 Å². The molecule has 0 aliphatic rings. The molecule has 0 spiro atoms. The van der Waals surface area contributed by atoms with Gasteiger partial charge in [0.15, 0.2) is 0 Å². The van der Waals surface area contributed by atoms with E-state index in [0.717, 1.165) is 5.69 Å². The minimum atomic E-state index is -0.322. The van der Waals surface area contributed by atoms with Crippen LogP contribution in [0.2, 0.25) is 0 Å². The van der Waals surface area contributed by atoms with Gasteiger partial charge in [0.1, 0.15) is 0 Å². The van der Waals surface area contributed by atoms with Gasteiger partial charge in [0.05, 0.1) is 18.6 Å². The molecule has 0 amide bonds. The molecular formula is C9H11NO2S. The highest BCUT2D eigenvalue weighted by Crippen LogP contribution is 2.09. The van der Waals surface area contributed by atoms with Gasteiger partial charge in [0.2, 0.25) is 0 Å². The highest BCUT2D eigenvalue weighted by atomic mass is 32.1. The van der Waals surface area contributed by atoms with E-state index in [4.69, 9.17) is 0 Å². The van der Waals surface area contributed by atoms with Crippen LogP contribution in [0.1, 0.15) is 10.4 Å². The monoisotopic (exact) mass is 197 g/mol. The maximum absolute atomic E-state index is 11.0. The molecular weight excluding hydrogens is 186 g/mol. The lowest BCUT2D eigenvalue weighted by molar-refractivity contribution is 0.0601. The standard InChI is InChI=1S/C9H11NO2S/c1-12-9(11)7-2-4-8(5-3-7)10-6-13/h2-5,10,13H,6H2,1H3. The summed E-state index contributed by atoms with van der Waals surface area (Å²) >= 11 is 4.01. The van der Waals surface area contributed by atoms with E-state index in [1.807, 2.05) is 12.1 Å². The fourth-order valence-corrected chi connectivity index (χ4v) is 1.12. The van der Waals surface area contributed by atoms with Crippen LogP contribution in [-0.2, 0) is 4.74 Å². The zero-order chi connectivity index (χ0) is 9.68. The summed E-state index contributed by atoms with van der Waals surface area (Å²) in [5.74, 6) is 0.245. The first kappa shape index (κ1) is 9.92. The lowest BCUT2D eigenvalue weighted by Gasteiger charge is -2.03. The molecule has 1 aromatic carbocycles. The summed E-state index contributed by atoms with van der Waals surface area (Å²) in [6.45, 7) is 0. The van der Waals surface area contributed by atoms with Crippen molar-refractivity contribution in [2.45, 2.75) is 0 Å². The number of hydrogen-bond acceptors (Lipinski definition) is 4. The number of carbonyl (C=O) groups is 1. The molecule has 70 valence electrons. The Morgan fingerprint density at radius 2 is 2.08 bits per heavy atom. The molecule has 4 heteroatoms. The minimum absolute atomic E-state index is 0.322. The van der Waals surface area contributed by atoms with Crippen LogP contribution >= 0.6 is 12.6 Å². The van der Waals surface area contributed by atoms with Crippen molar-refractivity contribution in [2.75, 3.05) is 18.3 Å². The second-order valence-corrected chi connectivity index (χ2v) is 2.72. The number of thiol groups is 1. The third-order valence-corrected chi connectivity index (χ3v) is 1.75. The number of nitrogens with one attached hydrogen (secondary N) is 1. The smallest absolute Gasteiger partial charge is 0.337 e. The van der Waals surface area contributed by atoms with Gasteiger partial charge in [-0.25, -0.2) is 4.79 Å². The molecule has 0 aliphatic carbocycles. The average Bonchev–Trinajstić information content (AvgIpc) is 2.18. The van der Waals surface area contributed by atoms with Gasteiger partial charge >= 0.3 is 5.97 Å². The van der Waals surface area contributed by atoms with E-state index in [-0.39, 0.29) is 5.97 Å². The molecule has 0 saturated carbocycles.